The molecule has 196 valence electrons. The monoisotopic (exact) mass is 521 g/mol. The van der Waals surface area contributed by atoms with Crippen molar-refractivity contribution in [2.24, 2.45) is 5.41 Å². The number of alkyl halides is 3. The zero-order valence-electron chi connectivity index (χ0n) is 19.3. The maximum Gasteiger partial charge on any atom is 0.522 e. The number of esters is 1. The van der Waals surface area contributed by atoms with Gasteiger partial charge in [0.25, 0.3) is 12.6 Å². The highest BCUT2D eigenvalue weighted by molar-refractivity contribution is 7.86. The summed E-state index contributed by atoms with van der Waals surface area (Å²) in [5, 5.41) is 10.1. The number of halogens is 3. The van der Waals surface area contributed by atoms with Gasteiger partial charge in [-0.25, -0.2) is 5.21 Å². The summed E-state index contributed by atoms with van der Waals surface area (Å²) in [7, 11) is -5.84. The number of hydrogen-bond acceptors (Lipinski definition) is 7. The summed E-state index contributed by atoms with van der Waals surface area (Å²) in [6, 6.07) is 3.24. The smallest absolute Gasteiger partial charge is 0.405 e. The van der Waals surface area contributed by atoms with E-state index in [9.17, 15) is 27.7 Å². The molecule has 0 saturated heterocycles. The Balaban J connectivity index is 0. The first-order valence-electron chi connectivity index (χ1n) is 9.68. The lowest BCUT2D eigenvalue weighted by Gasteiger charge is -2.15. The fourth-order valence-electron chi connectivity index (χ4n) is 1.76. The predicted molar refractivity (Wildman–Crippen MR) is 109 cm³/mol. The molecule has 0 radical (unpaired) electrons. The molecule has 0 aliphatic heterocycles. The first-order valence-corrected chi connectivity index (χ1v) is 11.1. The molecule has 0 fully saturated rings. The molecular weight excluding hydrogens is 491 g/mol. The summed E-state index contributed by atoms with van der Waals surface area (Å²) < 4.78 is 64.3. The van der Waals surface area contributed by atoms with Crippen LogP contribution in [0.25, 0.3) is 0 Å². The topological polar surface area (TPSA) is 163 Å². The molecule has 0 bridgehead atoms. The molecule has 0 saturated carbocycles. The Labute approximate surface area is 194 Å². The van der Waals surface area contributed by atoms with Crippen LogP contribution < -0.4 is 9.88 Å². The molecule has 0 aliphatic rings. The van der Waals surface area contributed by atoms with E-state index >= 15 is 0 Å². The molecule has 0 atom stereocenters. The Hall–Kier alpha value is -3.01. The van der Waals surface area contributed by atoms with E-state index in [0.717, 1.165) is 0 Å². The summed E-state index contributed by atoms with van der Waals surface area (Å²) in [6.45, 7) is 9.72. The average molecular weight is 522 g/mol. The zero-order valence-corrected chi connectivity index (χ0v) is 20.1. The van der Waals surface area contributed by atoms with E-state index < -0.39 is 20.7 Å². The number of carbonyl (C=O) groups excluding carboxylic acids is 2. The molecule has 1 rings (SSSR count). The van der Waals surface area contributed by atoms with Gasteiger partial charge in [-0.2, -0.15) is 31.0 Å². The fourth-order valence-corrected chi connectivity index (χ4v) is 1.76. The summed E-state index contributed by atoms with van der Waals surface area (Å²) in [5.41, 5.74) is -5.33. The fraction of sp³-hybridized carbons (Fsp3) is 0.611. The van der Waals surface area contributed by atoms with Gasteiger partial charge in [-0.05, 0) is 11.5 Å². The van der Waals surface area contributed by atoms with Crippen molar-refractivity contribution in [2.75, 3.05) is 13.2 Å². The second-order valence-corrected chi connectivity index (χ2v) is 8.65. The number of nitrogens with one attached hydrogen (secondary N) is 1. The summed E-state index contributed by atoms with van der Waals surface area (Å²) in [4.78, 5) is 37.9. The van der Waals surface area contributed by atoms with Crippen molar-refractivity contribution in [3.05, 3.63) is 35.0 Å². The molecule has 0 spiro atoms. The molecule has 3 N–H and O–H groups in total. The molecule has 16 heteroatoms. The van der Waals surface area contributed by atoms with Gasteiger partial charge in [0.1, 0.15) is 10.5 Å². The number of aromatic nitrogens is 1. The second kappa shape index (κ2) is 15.0. The van der Waals surface area contributed by atoms with E-state index in [-0.39, 0.29) is 37.2 Å². The zero-order chi connectivity index (χ0) is 27.2. The SMILES string of the molecule is CC.CC(C)(C)CC(=O)OC[n+]1cccc(C(=O)NCCO[N+](=O)O)c1.O=S(=O)(O)C(F)(F)F. The third-order valence-corrected chi connectivity index (χ3v) is 3.64. The minimum Gasteiger partial charge on any atom is -0.405 e. The first kappa shape index (κ1) is 33.2. The van der Waals surface area contributed by atoms with Crippen LogP contribution in [0.1, 0.15) is 51.4 Å². The number of hydrogen-bond donors (Lipinski definition) is 3. The minimum absolute atomic E-state index is 0.00873. The van der Waals surface area contributed by atoms with E-state index in [2.05, 4.69) is 10.2 Å². The summed E-state index contributed by atoms with van der Waals surface area (Å²) in [5.74, 6) is -0.697. The Bertz CT molecular complexity index is 902. The van der Waals surface area contributed by atoms with Crippen molar-refractivity contribution in [2.45, 2.75) is 53.3 Å². The highest BCUT2D eigenvalue weighted by Gasteiger charge is 2.44. The van der Waals surface area contributed by atoms with Crippen LogP contribution in [0.15, 0.2) is 24.5 Å². The summed E-state index contributed by atoms with van der Waals surface area (Å²) in [6.07, 6.45) is 3.51. The number of pyridine rings is 1. The molecule has 1 aromatic rings. The third-order valence-electron chi connectivity index (χ3n) is 3.05. The Morgan fingerprint density at radius 1 is 1.21 bits per heavy atom. The van der Waals surface area contributed by atoms with Gasteiger partial charge in [0, 0.05) is 6.07 Å². The second-order valence-electron chi connectivity index (χ2n) is 7.24. The van der Waals surface area contributed by atoms with Crippen LogP contribution >= 0.6 is 0 Å². The highest BCUT2D eigenvalue weighted by Crippen LogP contribution is 2.20. The van der Waals surface area contributed by atoms with Gasteiger partial charge in [0.05, 0.1) is 13.0 Å². The van der Waals surface area contributed by atoms with Crippen molar-refractivity contribution in [1.29, 1.82) is 0 Å². The van der Waals surface area contributed by atoms with Crippen molar-refractivity contribution >= 4 is 22.0 Å². The number of carbonyl (C=O) groups is 2. The van der Waals surface area contributed by atoms with Crippen molar-refractivity contribution < 1.29 is 60.2 Å². The lowest BCUT2D eigenvalue weighted by molar-refractivity contribution is -0.975. The maximum absolute atomic E-state index is 11.9. The Morgan fingerprint density at radius 2 is 1.74 bits per heavy atom. The number of ether oxygens (including phenoxy) is 1. The van der Waals surface area contributed by atoms with Gasteiger partial charge in [0.2, 0.25) is 0 Å². The standard InChI is InChI=1S/C15H22N3O6.C2H6.CHF3O3S/c1-15(2,3)9-13(19)23-11-17-7-4-5-12(10-17)14(20)16-6-8-24-18(21)22;1-2;2-1(3,4)8(5,6)7/h4-5,7,10H,6,8-9,11H2,1-3H3,(H-,16,20,21,22);1-2H3;(H,5,6,7)/q+1;;/p+1. The van der Waals surface area contributed by atoms with Crippen LogP contribution in [0.5, 0.6) is 0 Å². The van der Waals surface area contributed by atoms with E-state index in [1.165, 1.54) is 6.20 Å². The minimum atomic E-state index is -5.84. The van der Waals surface area contributed by atoms with Gasteiger partial charge in [-0.3, -0.25) is 14.1 Å². The third kappa shape index (κ3) is 16.6. The summed E-state index contributed by atoms with van der Waals surface area (Å²) >= 11 is 0. The van der Waals surface area contributed by atoms with E-state index in [1.807, 2.05) is 34.6 Å². The van der Waals surface area contributed by atoms with Crippen molar-refractivity contribution in [3.8, 4) is 0 Å². The van der Waals surface area contributed by atoms with E-state index in [0.29, 0.717) is 12.0 Å². The molecule has 1 heterocycles. The Kier molecular flexibility index (Phi) is 14.6. The van der Waals surface area contributed by atoms with Crippen molar-refractivity contribution in [1.82, 2.24) is 5.32 Å². The van der Waals surface area contributed by atoms with E-state index in [4.69, 9.17) is 22.9 Å². The molecule has 0 unspecified atom stereocenters. The van der Waals surface area contributed by atoms with Gasteiger partial charge in [0.15, 0.2) is 19.0 Å². The van der Waals surface area contributed by atoms with Gasteiger partial charge < -0.3 is 10.1 Å². The number of amides is 1. The molecular formula is C18H30F3N3O9S+2. The number of rotatable bonds is 8. The van der Waals surface area contributed by atoms with Crippen LogP contribution in [0.2, 0.25) is 0 Å². The van der Waals surface area contributed by atoms with Gasteiger partial charge in [-0.15, -0.1) is 0 Å². The lowest BCUT2D eigenvalue weighted by atomic mass is 9.93. The molecule has 12 nitrogen and oxygen atoms in total. The van der Waals surface area contributed by atoms with Crippen LogP contribution in [0.4, 0.5) is 13.2 Å². The van der Waals surface area contributed by atoms with Crippen LogP contribution in [-0.2, 0) is 31.2 Å². The first-order chi connectivity index (χ1) is 15.4. The van der Waals surface area contributed by atoms with Gasteiger partial charge in [-0.1, -0.05) is 34.6 Å². The van der Waals surface area contributed by atoms with E-state index in [1.54, 1.807) is 22.9 Å². The normalized spacial score (nSPS) is 11.1. The van der Waals surface area contributed by atoms with Crippen molar-refractivity contribution in [3.63, 3.8) is 0 Å². The quantitative estimate of drug-likeness (QED) is 0.116. The van der Waals surface area contributed by atoms with Crippen LogP contribution in [-0.4, -0.2) is 53.8 Å². The van der Waals surface area contributed by atoms with Crippen LogP contribution in [0.3, 0.4) is 0 Å². The predicted octanol–water partition coefficient (Wildman–Crippen LogP) is 2.16. The largest absolute Gasteiger partial charge is 0.522 e. The molecule has 1 aromatic heterocycles. The average Bonchev–Trinajstić information content (AvgIpc) is 2.69. The van der Waals surface area contributed by atoms with Crippen LogP contribution in [0, 0.1) is 10.3 Å². The highest BCUT2D eigenvalue weighted by atomic mass is 32.2. The van der Waals surface area contributed by atoms with Gasteiger partial charge >= 0.3 is 26.7 Å². The maximum atomic E-state index is 11.9. The Morgan fingerprint density at radius 3 is 2.18 bits per heavy atom. The molecule has 1 amide bonds. The molecule has 0 aromatic carbocycles. The number of nitrogens with zero attached hydrogens (tertiary/aromatic N) is 2. The molecule has 34 heavy (non-hydrogen) atoms. The lowest BCUT2D eigenvalue weighted by Crippen LogP contribution is -2.38. The molecule has 0 aliphatic carbocycles.